The third-order valence-electron chi connectivity index (χ3n) is 3.72. The normalized spacial score (nSPS) is 32.7. The number of hydrogen-bond donors (Lipinski definition) is 2. The Balaban J connectivity index is 1.79. The van der Waals surface area contributed by atoms with Gasteiger partial charge in [-0.3, -0.25) is 20.4 Å². The number of fused-ring (bicyclic) bond motifs is 2. The van der Waals surface area contributed by atoms with Gasteiger partial charge in [0.1, 0.15) is 0 Å². The first-order valence-corrected chi connectivity index (χ1v) is 5.79. The number of hydrazine groups is 1. The quantitative estimate of drug-likeness (QED) is 0.667. The van der Waals surface area contributed by atoms with Crippen LogP contribution in [-0.2, 0) is 9.59 Å². The predicted molar refractivity (Wildman–Crippen MR) is 55.5 cm³/mol. The molecule has 2 amide bonds. The second kappa shape index (κ2) is 4.21. The summed E-state index contributed by atoms with van der Waals surface area (Å²) in [4.78, 5) is 22.7. The number of rotatable bonds is 2. The third kappa shape index (κ3) is 2.13. The molecule has 0 aromatic carbocycles. The van der Waals surface area contributed by atoms with E-state index in [2.05, 4.69) is 10.9 Å². The molecule has 4 nitrogen and oxygen atoms in total. The minimum absolute atomic E-state index is 0.00370. The molecule has 0 saturated heterocycles. The van der Waals surface area contributed by atoms with Gasteiger partial charge in [-0.1, -0.05) is 13.3 Å². The maximum Gasteiger partial charge on any atom is 0.241 e. The van der Waals surface area contributed by atoms with Crippen molar-refractivity contribution in [3.8, 4) is 0 Å². The maximum absolute atomic E-state index is 11.7. The zero-order valence-corrected chi connectivity index (χ0v) is 9.08. The van der Waals surface area contributed by atoms with Crippen LogP contribution >= 0.6 is 0 Å². The monoisotopic (exact) mass is 210 g/mol. The minimum Gasteiger partial charge on any atom is -0.273 e. The van der Waals surface area contributed by atoms with Gasteiger partial charge in [0.05, 0.1) is 0 Å². The third-order valence-corrected chi connectivity index (χ3v) is 3.72. The lowest BCUT2D eigenvalue weighted by molar-refractivity contribution is -0.132. The number of amides is 2. The van der Waals surface area contributed by atoms with E-state index in [0.717, 1.165) is 12.3 Å². The van der Waals surface area contributed by atoms with E-state index in [0.29, 0.717) is 12.3 Å². The van der Waals surface area contributed by atoms with E-state index < -0.39 is 0 Å². The standard InChI is InChI=1S/C11H18N2O2/c1-2-10(14)12-13-11(15)9-6-7-3-4-8(9)5-7/h7-9H,2-6H2,1H3,(H,12,14)(H,13,15)/t7-,8+,9+/m0/s1. The first-order valence-electron chi connectivity index (χ1n) is 5.79. The van der Waals surface area contributed by atoms with Crippen molar-refractivity contribution in [2.45, 2.75) is 39.0 Å². The highest BCUT2D eigenvalue weighted by Gasteiger charge is 2.43. The van der Waals surface area contributed by atoms with Gasteiger partial charge in [-0.05, 0) is 31.1 Å². The van der Waals surface area contributed by atoms with Crippen molar-refractivity contribution in [1.29, 1.82) is 0 Å². The first kappa shape index (κ1) is 10.5. The molecular weight excluding hydrogens is 192 g/mol. The van der Waals surface area contributed by atoms with Gasteiger partial charge in [0, 0.05) is 12.3 Å². The molecular formula is C11H18N2O2. The number of nitrogens with one attached hydrogen (secondary N) is 2. The van der Waals surface area contributed by atoms with E-state index in [1.165, 1.54) is 19.3 Å². The second-order valence-electron chi connectivity index (χ2n) is 4.67. The fourth-order valence-corrected chi connectivity index (χ4v) is 2.88. The number of carbonyl (C=O) groups is 2. The van der Waals surface area contributed by atoms with Crippen LogP contribution in [0.3, 0.4) is 0 Å². The molecule has 0 radical (unpaired) electrons. The summed E-state index contributed by atoms with van der Waals surface area (Å²) in [6.07, 6.45) is 5.09. The zero-order chi connectivity index (χ0) is 10.8. The van der Waals surface area contributed by atoms with Gasteiger partial charge in [-0.2, -0.15) is 0 Å². The molecule has 0 spiro atoms. The lowest BCUT2D eigenvalue weighted by Gasteiger charge is -2.20. The lowest BCUT2D eigenvalue weighted by Crippen LogP contribution is -2.45. The van der Waals surface area contributed by atoms with Crippen LogP contribution in [0, 0.1) is 17.8 Å². The van der Waals surface area contributed by atoms with Crippen molar-refractivity contribution >= 4 is 11.8 Å². The summed E-state index contributed by atoms with van der Waals surface area (Å²) in [6.45, 7) is 1.76. The van der Waals surface area contributed by atoms with Gasteiger partial charge in [0.15, 0.2) is 0 Å². The van der Waals surface area contributed by atoms with Crippen molar-refractivity contribution in [2.75, 3.05) is 0 Å². The highest BCUT2D eigenvalue weighted by molar-refractivity contribution is 5.83. The average molecular weight is 210 g/mol. The summed E-state index contributed by atoms with van der Waals surface area (Å²) in [5.41, 5.74) is 4.95. The van der Waals surface area contributed by atoms with Gasteiger partial charge in [0.25, 0.3) is 0 Å². The lowest BCUT2D eigenvalue weighted by atomic mass is 9.88. The van der Waals surface area contributed by atoms with Crippen LogP contribution in [0.25, 0.3) is 0 Å². The molecule has 0 aromatic heterocycles. The van der Waals surface area contributed by atoms with E-state index in [9.17, 15) is 9.59 Å². The molecule has 2 N–H and O–H groups in total. The van der Waals surface area contributed by atoms with Crippen LogP contribution < -0.4 is 10.9 Å². The summed E-state index contributed by atoms with van der Waals surface area (Å²) < 4.78 is 0. The fraction of sp³-hybridized carbons (Fsp3) is 0.818. The second-order valence-corrected chi connectivity index (χ2v) is 4.67. The molecule has 84 valence electrons. The van der Waals surface area contributed by atoms with Crippen molar-refractivity contribution in [2.24, 2.45) is 17.8 Å². The molecule has 3 atom stereocenters. The van der Waals surface area contributed by atoms with Crippen molar-refractivity contribution in [3.63, 3.8) is 0 Å². The van der Waals surface area contributed by atoms with Crippen molar-refractivity contribution in [3.05, 3.63) is 0 Å². The molecule has 0 aromatic rings. The molecule has 2 saturated carbocycles. The van der Waals surface area contributed by atoms with Gasteiger partial charge in [-0.15, -0.1) is 0 Å². The molecule has 2 rings (SSSR count). The molecule has 2 aliphatic carbocycles. The highest BCUT2D eigenvalue weighted by atomic mass is 16.2. The molecule has 15 heavy (non-hydrogen) atoms. The minimum atomic E-state index is -0.133. The van der Waals surface area contributed by atoms with Gasteiger partial charge in [-0.25, -0.2) is 0 Å². The Morgan fingerprint density at radius 3 is 2.53 bits per heavy atom. The molecule has 2 fully saturated rings. The van der Waals surface area contributed by atoms with Crippen LogP contribution in [0.2, 0.25) is 0 Å². The smallest absolute Gasteiger partial charge is 0.241 e. The van der Waals surface area contributed by atoms with Gasteiger partial charge < -0.3 is 0 Å². The van der Waals surface area contributed by atoms with Crippen LogP contribution in [-0.4, -0.2) is 11.8 Å². The molecule has 0 unspecified atom stereocenters. The topological polar surface area (TPSA) is 58.2 Å². The Hall–Kier alpha value is -1.06. The van der Waals surface area contributed by atoms with Crippen LogP contribution in [0.15, 0.2) is 0 Å². The Kier molecular flexibility index (Phi) is 2.93. The SMILES string of the molecule is CCC(=O)NNC(=O)[C@@H]1C[C@H]2CC[C@@H]1C2. The summed E-state index contributed by atoms with van der Waals surface area (Å²) in [6, 6.07) is 0. The van der Waals surface area contributed by atoms with Crippen molar-refractivity contribution < 1.29 is 9.59 Å². The molecule has 2 bridgehead atoms. The number of carbonyl (C=O) groups excluding carboxylic acids is 2. The summed E-state index contributed by atoms with van der Waals surface area (Å²) in [7, 11) is 0. The van der Waals surface area contributed by atoms with Gasteiger partial charge >= 0.3 is 0 Å². The number of hydrogen-bond acceptors (Lipinski definition) is 2. The summed E-state index contributed by atoms with van der Waals surface area (Å²) in [5.74, 6) is 1.33. The van der Waals surface area contributed by atoms with E-state index in [1.54, 1.807) is 6.92 Å². The van der Waals surface area contributed by atoms with E-state index in [4.69, 9.17) is 0 Å². The Morgan fingerprint density at radius 2 is 2.00 bits per heavy atom. The van der Waals surface area contributed by atoms with Crippen LogP contribution in [0.4, 0.5) is 0 Å². The summed E-state index contributed by atoms with van der Waals surface area (Å²) in [5, 5.41) is 0. The molecule has 4 heteroatoms. The molecule has 0 heterocycles. The van der Waals surface area contributed by atoms with Gasteiger partial charge in [0.2, 0.25) is 11.8 Å². The fourth-order valence-electron chi connectivity index (χ4n) is 2.88. The molecule has 0 aliphatic heterocycles. The Morgan fingerprint density at radius 1 is 1.20 bits per heavy atom. The van der Waals surface area contributed by atoms with Crippen LogP contribution in [0.1, 0.15) is 39.0 Å². The average Bonchev–Trinajstić information content (AvgIpc) is 2.86. The Bertz CT molecular complexity index is 278. The van der Waals surface area contributed by atoms with E-state index in [1.807, 2.05) is 0 Å². The van der Waals surface area contributed by atoms with Crippen LogP contribution in [0.5, 0.6) is 0 Å². The molecule has 2 aliphatic rings. The zero-order valence-electron chi connectivity index (χ0n) is 9.08. The van der Waals surface area contributed by atoms with E-state index >= 15 is 0 Å². The van der Waals surface area contributed by atoms with Crippen molar-refractivity contribution in [1.82, 2.24) is 10.9 Å². The largest absolute Gasteiger partial charge is 0.273 e. The Labute approximate surface area is 89.8 Å². The highest BCUT2D eigenvalue weighted by Crippen LogP contribution is 2.48. The van der Waals surface area contributed by atoms with E-state index in [-0.39, 0.29) is 17.7 Å². The first-order chi connectivity index (χ1) is 7.20. The summed E-state index contributed by atoms with van der Waals surface area (Å²) >= 11 is 0. The maximum atomic E-state index is 11.7. The predicted octanol–water partition coefficient (Wildman–Crippen LogP) is 0.980.